The van der Waals surface area contributed by atoms with Crippen LogP contribution in [-0.2, 0) is 9.53 Å². The largest absolute Gasteiger partial charge is 0.375 e. The van der Waals surface area contributed by atoms with Crippen LogP contribution in [-0.4, -0.2) is 47.6 Å². The summed E-state index contributed by atoms with van der Waals surface area (Å²) in [6.45, 7) is 3.95. The van der Waals surface area contributed by atoms with E-state index in [-0.39, 0.29) is 11.6 Å². The summed E-state index contributed by atoms with van der Waals surface area (Å²) >= 11 is 0. The number of anilines is 1. The molecule has 1 saturated heterocycles. The Kier molecular flexibility index (Phi) is 5.65. The van der Waals surface area contributed by atoms with E-state index in [4.69, 9.17) is 4.74 Å². The molecule has 136 valence electrons. The maximum Gasteiger partial charge on any atom is 0.274 e. The van der Waals surface area contributed by atoms with Crippen molar-refractivity contribution in [1.29, 1.82) is 0 Å². The van der Waals surface area contributed by atoms with Crippen LogP contribution < -0.4 is 5.32 Å². The molecule has 1 amide bonds. The Hall–Kier alpha value is -1.99. The van der Waals surface area contributed by atoms with Crippen molar-refractivity contribution in [2.24, 2.45) is 0 Å². The highest BCUT2D eigenvalue weighted by atomic mass is 16.6. The molecular weight excluding hydrogens is 322 g/mol. The molecule has 0 spiro atoms. The lowest BCUT2D eigenvalue weighted by atomic mass is 9.90. The summed E-state index contributed by atoms with van der Waals surface area (Å²) < 4.78 is 5.86. The van der Waals surface area contributed by atoms with Crippen LogP contribution in [0.1, 0.15) is 37.7 Å². The highest BCUT2D eigenvalue weighted by Crippen LogP contribution is 2.29. The number of nitrogens with zero attached hydrogens (tertiary/aromatic N) is 2. The summed E-state index contributed by atoms with van der Waals surface area (Å²) in [5.74, 6) is -0.109. The SMILES string of the molecule is Cc1c(NC(=O)CCN2CCO[C@@H]3CCCC[C@H]32)cccc1[N+](=O)[O-]. The van der Waals surface area contributed by atoms with E-state index < -0.39 is 4.92 Å². The third kappa shape index (κ3) is 4.16. The molecule has 2 fully saturated rings. The van der Waals surface area contributed by atoms with E-state index in [0.717, 1.165) is 26.0 Å². The van der Waals surface area contributed by atoms with Crippen molar-refractivity contribution in [3.63, 3.8) is 0 Å². The number of fused-ring (bicyclic) bond motifs is 1. The minimum atomic E-state index is -0.429. The molecule has 1 aromatic rings. The molecule has 7 nitrogen and oxygen atoms in total. The molecule has 1 aromatic carbocycles. The lowest BCUT2D eigenvalue weighted by Crippen LogP contribution is -2.53. The zero-order valence-electron chi connectivity index (χ0n) is 14.6. The van der Waals surface area contributed by atoms with E-state index in [1.165, 1.54) is 18.9 Å². The second-order valence-corrected chi connectivity index (χ2v) is 6.80. The van der Waals surface area contributed by atoms with Gasteiger partial charge < -0.3 is 10.1 Å². The molecule has 1 saturated carbocycles. The number of hydrogen-bond donors (Lipinski definition) is 1. The van der Waals surface area contributed by atoms with Crippen LogP contribution in [0.25, 0.3) is 0 Å². The Balaban J connectivity index is 1.56. The van der Waals surface area contributed by atoms with Crippen molar-refractivity contribution in [2.75, 3.05) is 25.0 Å². The molecule has 0 aromatic heterocycles. The van der Waals surface area contributed by atoms with Crippen molar-refractivity contribution in [2.45, 2.75) is 51.2 Å². The number of amides is 1. The fourth-order valence-corrected chi connectivity index (χ4v) is 3.87. The first-order valence-electron chi connectivity index (χ1n) is 8.96. The van der Waals surface area contributed by atoms with E-state index in [9.17, 15) is 14.9 Å². The average Bonchev–Trinajstić information content (AvgIpc) is 2.61. The number of hydrogen-bond acceptors (Lipinski definition) is 5. The summed E-state index contributed by atoms with van der Waals surface area (Å²) in [6, 6.07) is 5.17. The Morgan fingerprint density at radius 2 is 2.20 bits per heavy atom. The van der Waals surface area contributed by atoms with Crippen LogP contribution >= 0.6 is 0 Å². The van der Waals surface area contributed by atoms with Crippen molar-refractivity contribution in [3.8, 4) is 0 Å². The van der Waals surface area contributed by atoms with Gasteiger partial charge in [0.2, 0.25) is 5.91 Å². The van der Waals surface area contributed by atoms with Crippen molar-refractivity contribution < 1.29 is 14.5 Å². The number of carbonyl (C=O) groups excluding carboxylic acids is 1. The number of nitrogens with one attached hydrogen (secondary N) is 1. The van der Waals surface area contributed by atoms with Gasteiger partial charge in [-0.1, -0.05) is 18.9 Å². The highest BCUT2D eigenvalue weighted by molar-refractivity contribution is 5.92. The second kappa shape index (κ2) is 7.93. The Morgan fingerprint density at radius 3 is 3.00 bits per heavy atom. The molecule has 7 heteroatoms. The minimum Gasteiger partial charge on any atom is -0.375 e. The molecule has 0 unspecified atom stereocenters. The summed E-state index contributed by atoms with van der Waals surface area (Å²) in [5, 5.41) is 13.8. The standard InChI is InChI=1S/C18H25N3O4/c1-13-14(5-4-7-15(13)21(23)24)19-18(22)9-10-20-11-12-25-17-8-3-2-6-16(17)20/h4-5,7,16-17H,2-3,6,8-12H2,1H3,(H,19,22)/t16-,17-/m1/s1. The number of carbonyl (C=O) groups is 1. The van der Waals surface area contributed by atoms with Gasteiger partial charge in [-0.25, -0.2) is 0 Å². The number of nitro groups is 1. The van der Waals surface area contributed by atoms with Gasteiger partial charge in [-0.2, -0.15) is 0 Å². The lowest BCUT2D eigenvalue weighted by Gasteiger charge is -2.43. The van der Waals surface area contributed by atoms with Crippen LogP contribution in [0.5, 0.6) is 0 Å². The highest BCUT2D eigenvalue weighted by Gasteiger charge is 2.34. The molecule has 25 heavy (non-hydrogen) atoms. The maximum absolute atomic E-state index is 12.3. The fourth-order valence-electron chi connectivity index (χ4n) is 3.87. The van der Waals surface area contributed by atoms with Crippen LogP contribution in [0.15, 0.2) is 18.2 Å². The first kappa shape index (κ1) is 17.8. The van der Waals surface area contributed by atoms with E-state index in [1.54, 1.807) is 19.1 Å². The van der Waals surface area contributed by atoms with Gasteiger partial charge in [0.25, 0.3) is 5.69 Å². The Bertz CT molecular complexity index is 647. The van der Waals surface area contributed by atoms with Crippen molar-refractivity contribution in [1.82, 2.24) is 4.90 Å². The van der Waals surface area contributed by atoms with Gasteiger partial charge in [-0.05, 0) is 25.8 Å². The van der Waals surface area contributed by atoms with Gasteiger partial charge in [-0.3, -0.25) is 19.8 Å². The number of rotatable bonds is 5. The lowest BCUT2D eigenvalue weighted by molar-refractivity contribution is -0.385. The zero-order valence-corrected chi connectivity index (χ0v) is 14.6. The molecule has 0 bridgehead atoms. The van der Waals surface area contributed by atoms with E-state index in [0.29, 0.717) is 36.4 Å². The Labute approximate surface area is 147 Å². The van der Waals surface area contributed by atoms with Gasteiger partial charge >= 0.3 is 0 Å². The van der Waals surface area contributed by atoms with Crippen LogP contribution in [0.4, 0.5) is 11.4 Å². The molecule has 2 atom stereocenters. The number of morpholine rings is 1. The molecule has 1 heterocycles. The summed E-state index contributed by atoms with van der Waals surface area (Å²) in [5.41, 5.74) is 1.02. The maximum atomic E-state index is 12.3. The summed E-state index contributed by atoms with van der Waals surface area (Å²) in [7, 11) is 0. The monoisotopic (exact) mass is 347 g/mol. The average molecular weight is 347 g/mol. The van der Waals surface area contributed by atoms with Gasteiger partial charge in [-0.15, -0.1) is 0 Å². The molecule has 0 radical (unpaired) electrons. The van der Waals surface area contributed by atoms with E-state index >= 15 is 0 Å². The Morgan fingerprint density at radius 1 is 1.40 bits per heavy atom. The van der Waals surface area contributed by atoms with E-state index in [2.05, 4.69) is 10.2 Å². The van der Waals surface area contributed by atoms with Gasteiger partial charge in [0.1, 0.15) is 0 Å². The molecular formula is C18H25N3O4. The van der Waals surface area contributed by atoms with Crippen LogP contribution in [0.2, 0.25) is 0 Å². The van der Waals surface area contributed by atoms with Crippen LogP contribution in [0.3, 0.4) is 0 Å². The smallest absolute Gasteiger partial charge is 0.274 e. The number of ether oxygens (including phenoxy) is 1. The predicted molar refractivity (Wildman–Crippen MR) is 94.6 cm³/mol. The summed E-state index contributed by atoms with van der Waals surface area (Å²) in [6.07, 6.45) is 5.38. The normalized spacial score (nSPS) is 23.7. The number of benzene rings is 1. The summed E-state index contributed by atoms with van der Waals surface area (Å²) in [4.78, 5) is 25.2. The molecule has 1 N–H and O–H groups in total. The molecule has 2 aliphatic rings. The molecule has 1 aliphatic heterocycles. The van der Waals surface area contributed by atoms with Crippen LogP contribution in [0, 0.1) is 17.0 Å². The first-order chi connectivity index (χ1) is 12.1. The van der Waals surface area contributed by atoms with Gasteiger partial charge in [0, 0.05) is 31.6 Å². The zero-order chi connectivity index (χ0) is 17.8. The first-order valence-corrected chi connectivity index (χ1v) is 8.96. The molecule has 3 rings (SSSR count). The minimum absolute atomic E-state index is 0.0241. The topological polar surface area (TPSA) is 84.7 Å². The van der Waals surface area contributed by atoms with Crippen molar-refractivity contribution in [3.05, 3.63) is 33.9 Å². The fraction of sp³-hybridized carbons (Fsp3) is 0.611. The predicted octanol–water partition coefficient (Wildman–Crippen LogP) is 2.88. The molecule has 1 aliphatic carbocycles. The number of nitro benzene ring substituents is 1. The van der Waals surface area contributed by atoms with Crippen molar-refractivity contribution >= 4 is 17.3 Å². The third-order valence-corrected chi connectivity index (χ3v) is 5.25. The quantitative estimate of drug-likeness (QED) is 0.654. The third-order valence-electron chi connectivity index (χ3n) is 5.25. The van der Waals surface area contributed by atoms with E-state index in [1.807, 2.05) is 0 Å². The van der Waals surface area contributed by atoms with Gasteiger partial charge in [0.05, 0.1) is 28.9 Å². The van der Waals surface area contributed by atoms with Gasteiger partial charge in [0.15, 0.2) is 0 Å². The second-order valence-electron chi connectivity index (χ2n) is 6.80.